The molecule has 136 valence electrons. The number of amides is 2. The summed E-state index contributed by atoms with van der Waals surface area (Å²) in [4.78, 5) is 28.4. The van der Waals surface area contributed by atoms with E-state index in [0.29, 0.717) is 13.1 Å². The fourth-order valence-corrected chi connectivity index (χ4v) is 3.54. The van der Waals surface area contributed by atoms with E-state index < -0.39 is 0 Å². The SMILES string of the molecule is Cc1ccc(C)c(OCC(=O)N2CCCC(N3CCNCC3=O)C2)c1. The van der Waals surface area contributed by atoms with Gasteiger partial charge in [-0.1, -0.05) is 12.1 Å². The molecule has 0 radical (unpaired) electrons. The van der Waals surface area contributed by atoms with Gasteiger partial charge in [0.1, 0.15) is 5.75 Å². The van der Waals surface area contributed by atoms with Gasteiger partial charge in [-0.15, -0.1) is 0 Å². The maximum Gasteiger partial charge on any atom is 0.260 e. The van der Waals surface area contributed by atoms with Crippen LogP contribution in [0.5, 0.6) is 5.75 Å². The van der Waals surface area contributed by atoms with E-state index in [1.165, 1.54) is 0 Å². The zero-order valence-electron chi connectivity index (χ0n) is 15.1. The van der Waals surface area contributed by atoms with Gasteiger partial charge < -0.3 is 19.9 Å². The number of carbonyl (C=O) groups is 2. The van der Waals surface area contributed by atoms with Gasteiger partial charge in [-0.25, -0.2) is 0 Å². The highest BCUT2D eigenvalue weighted by atomic mass is 16.5. The maximum absolute atomic E-state index is 12.6. The summed E-state index contributed by atoms with van der Waals surface area (Å²) in [6, 6.07) is 6.13. The number of piperazine rings is 1. The Bertz CT molecular complexity index is 647. The topological polar surface area (TPSA) is 61.9 Å². The molecule has 0 bridgehead atoms. The predicted molar refractivity (Wildman–Crippen MR) is 95.6 cm³/mol. The molecular formula is C19H27N3O3. The molecule has 2 amide bonds. The van der Waals surface area contributed by atoms with Gasteiger partial charge >= 0.3 is 0 Å². The van der Waals surface area contributed by atoms with Crippen LogP contribution >= 0.6 is 0 Å². The molecule has 1 N–H and O–H groups in total. The lowest BCUT2D eigenvalue weighted by Crippen LogP contribution is -2.57. The van der Waals surface area contributed by atoms with Crippen molar-refractivity contribution in [2.45, 2.75) is 32.7 Å². The van der Waals surface area contributed by atoms with Crippen molar-refractivity contribution in [2.24, 2.45) is 0 Å². The lowest BCUT2D eigenvalue weighted by atomic mass is 10.0. The molecule has 0 saturated carbocycles. The highest BCUT2D eigenvalue weighted by molar-refractivity contribution is 5.80. The third-order valence-corrected chi connectivity index (χ3v) is 5.01. The van der Waals surface area contributed by atoms with Crippen molar-refractivity contribution in [3.05, 3.63) is 29.3 Å². The second-order valence-electron chi connectivity index (χ2n) is 6.96. The molecule has 2 fully saturated rings. The largest absolute Gasteiger partial charge is 0.483 e. The van der Waals surface area contributed by atoms with E-state index in [-0.39, 0.29) is 24.5 Å². The minimum atomic E-state index is -0.00631. The number of hydrogen-bond donors (Lipinski definition) is 1. The highest BCUT2D eigenvalue weighted by Gasteiger charge is 2.31. The average Bonchev–Trinajstić information content (AvgIpc) is 2.62. The van der Waals surface area contributed by atoms with Crippen LogP contribution in [0.15, 0.2) is 18.2 Å². The maximum atomic E-state index is 12.6. The Labute approximate surface area is 149 Å². The first-order valence-electron chi connectivity index (χ1n) is 9.02. The Morgan fingerprint density at radius 1 is 1.32 bits per heavy atom. The van der Waals surface area contributed by atoms with Crippen molar-refractivity contribution in [1.29, 1.82) is 0 Å². The summed E-state index contributed by atoms with van der Waals surface area (Å²) >= 11 is 0. The third-order valence-electron chi connectivity index (χ3n) is 5.01. The van der Waals surface area contributed by atoms with Crippen LogP contribution in [0.1, 0.15) is 24.0 Å². The second-order valence-corrected chi connectivity index (χ2v) is 6.96. The second kappa shape index (κ2) is 7.87. The van der Waals surface area contributed by atoms with Gasteiger partial charge in [0.05, 0.1) is 6.54 Å². The van der Waals surface area contributed by atoms with Gasteiger partial charge in [-0.2, -0.15) is 0 Å². The summed E-state index contributed by atoms with van der Waals surface area (Å²) in [5, 5.41) is 3.09. The molecule has 1 unspecified atom stereocenters. The first-order chi connectivity index (χ1) is 12.0. The lowest BCUT2D eigenvalue weighted by molar-refractivity contribution is -0.141. The van der Waals surface area contributed by atoms with Gasteiger partial charge in [-0.05, 0) is 43.9 Å². The van der Waals surface area contributed by atoms with Crippen LogP contribution in [0.2, 0.25) is 0 Å². The number of hydrogen-bond acceptors (Lipinski definition) is 4. The van der Waals surface area contributed by atoms with E-state index in [2.05, 4.69) is 5.32 Å². The molecule has 0 aliphatic carbocycles. The molecule has 6 nitrogen and oxygen atoms in total. The molecule has 1 aromatic rings. The monoisotopic (exact) mass is 345 g/mol. The molecule has 2 aliphatic rings. The van der Waals surface area contributed by atoms with Gasteiger partial charge in [0.15, 0.2) is 6.61 Å². The minimum absolute atomic E-state index is 0.00631. The molecular weight excluding hydrogens is 318 g/mol. The number of carbonyl (C=O) groups excluding carboxylic acids is 2. The summed E-state index contributed by atoms with van der Waals surface area (Å²) in [6.45, 7) is 7.34. The van der Waals surface area contributed by atoms with Crippen LogP contribution in [0.25, 0.3) is 0 Å². The van der Waals surface area contributed by atoms with E-state index in [9.17, 15) is 9.59 Å². The van der Waals surface area contributed by atoms with Crippen molar-refractivity contribution in [1.82, 2.24) is 15.1 Å². The number of benzene rings is 1. The fourth-order valence-electron chi connectivity index (χ4n) is 3.54. The Morgan fingerprint density at radius 2 is 2.16 bits per heavy atom. The molecule has 2 aliphatic heterocycles. The summed E-state index contributed by atoms with van der Waals surface area (Å²) in [5.74, 6) is 0.893. The van der Waals surface area contributed by atoms with E-state index in [1.807, 2.05) is 41.8 Å². The number of piperidine rings is 1. The number of rotatable bonds is 4. The van der Waals surface area contributed by atoms with Crippen molar-refractivity contribution >= 4 is 11.8 Å². The predicted octanol–water partition coefficient (Wildman–Crippen LogP) is 1.11. The van der Waals surface area contributed by atoms with Crippen LogP contribution < -0.4 is 10.1 Å². The molecule has 0 aromatic heterocycles. The summed E-state index contributed by atoms with van der Waals surface area (Å²) in [5.41, 5.74) is 2.14. The smallest absolute Gasteiger partial charge is 0.260 e. The van der Waals surface area contributed by atoms with Gasteiger partial charge in [0, 0.05) is 32.2 Å². The molecule has 2 heterocycles. The Kier molecular flexibility index (Phi) is 5.58. The molecule has 0 spiro atoms. The molecule has 6 heteroatoms. The number of nitrogens with one attached hydrogen (secondary N) is 1. The Morgan fingerprint density at radius 3 is 2.96 bits per heavy atom. The van der Waals surface area contributed by atoms with Crippen molar-refractivity contribution in [3.8, 4) is 5.75 Å². The van der Waals surface area contributed by atoms with Crippen LogP contribution in [0.3, 0.4) is 0 Å². The molecule has 25 heavy (non-hydrogen) atoms. The summed E-state index contributed by atoms with van der Waals surface area (Å²) < 4.78 is 5.75. The quantitative estimate of drug-likeness (QED) is 0.888. The van der Waals surface area contributed by atoms with Crippen LogP contribution in [0, 0.1) is 13.8 Å². The molecule has 1 atom stereocenters. The Hall–Kier alpha value is -2.08. The van der Waals surface area contributed by atoms with Crippen LogP contribution in [0.4, 0.5) is 0 Å². The molecule has 1 aromatic carbocycles. The van der Waals surface area contributed by atoms with E-state index in [1.54, 1.807) is 0 Å². The van der Waals surface area contributed by atoms with Crippen molar-refractivity contribution in [2.75, 3.05) is 39.3 Å². The van der Waals surface area contributed by atoms with E-state index >= 15 is 0 Å². The van der Waals surface area contributed by atoms with E-state index in [4.69, 9.17) is 4.74 Å². The average molecular weight is 345 g/mol. The first-order valence-corrected chi connectivity index (χ1v) is 9.02. The number of likely N-dealkylation sites (tertiary alicyclic amines) is 1. The Balaban J connectivity index is 1.56. The fraction of sp³-hybridized carbons (Fsp3) is 0.579. The molecule has 3 rings (SSSR count). The summed E-state index contributed by atoms with van der Waals surface area (Å²) in [7, 11) is 0. The lowest BCUT2D eigenvalue weighted by Gasteiger charge is -2.41. The van der Waals surface area contributed by atoms with Gasteiger partial charge in [-0.3, -0.25) is 9.59 Å². The van der Waals surface area contributed by atoms with Gasteiger partial charge in [0.25, 0.3) is 5.91 Å². The number of ether oxygens (including phenoxy) is 1. The summed E-state index contributed by atoms with van der Waals surface area (Å²) in [6.07, 6.45) is 1.89. The van der Waals surface area contributed by atoms with Crippen molar-refractivity contribution in [3.63, 3.8) is 0 Å². The standard InChI is InChI=1S/C19H27N3O3/c1-14-5-6-15(2)17(10-14)25-13-19(24)21-8-3-4-16(12-21)22-9-7-20-11-18(22)23/h5-6,10,16,20H,3-4,7-9,11-13H2,1-2H3. The molecule has 2 saturated heterocycles. The number of nitrogens with zero attached hydrogens (tertiary/aromatic N) is 2. The van der Waals surface area contributed by atoms with Crippen LogP contribution in [-0.4, -0.2) is 67.0 Å². The van der Waals surface area contributed by atoms with Gasteiger partial charge in [0.2, 0.25) is 5.91 Å². The van der Waals surface area contributed by atoms with E-state index in [0.717, 1.165) is 49.4 Å². The van der Waals surface area contributed by atoms with Crippen LogP contribution in [-0.2, 0) is 9.59 Å². The first kappa shape index (κ1) is 17.7. The van der Waals surface area contributed by atoms with Crippen molar-refractivity contribution < 1.29 is 14.3 Å². The normalized spacial score (nSPS) is 21.4. The zero-order valence-corrected chi connectivity index (χ0v) is 15.1. The third kappa shape index (κ3) is 4.31. The number of aryl methyl sites for hydroxylation is 2. The minimum Gasteiger partial charge on any atom is -0.483 e. The highest BCUT2D eigenvalue weighted by Crippen LogP contribution is 2.20. The zero-order chi connectivity index (χ0) is 17.8.